The molecule has 0 saturated heterocycles. The summed E-state index contributed by atoms with van der Waals surface area (Å²) in [6.45, 7) is 7.84. The molecule has 1 heterocycles. The molecular formula is C20H27N3O4. The number of nitrogens with zero attached hydrogens (tertiary/aromatic N) is 1. The van der Waals surface area contributed by atoms with Crippen LogP contribution in [0.3, 0.4) is 0 Å². The molecule has 0 aliphatic heterocycles. The first-order valence-electron chi connectivity index (χ1n) is 9.03. The van der Waals surface area contributed by atoms with Gasteiger partial charge in [0.15, 0.2) is 11.9 Å². The maximum Gasteiger partial charge on any atom is 0.254 e. The zero-order chi connectivity index (χ0) is 20.0. The van der Waals surface area contributed by atoms with E-state index in [1.165, 1.54) is 0 Å². The first-order valence-corrected chi connectivity index (χ1v) is 9.03. The second-order valence-electron chi connectivity index (χ2n) is 7.48. The number of hydrogen-bond donors (Lipinski definition) is 3. The summed E-state index contributed by atoms with van der Waals surface area (Å²) in [5.41, 5.74) is 0.240. The van der Waals surface area contributed by atoms with Crippen molar-refractivity contribution < 1.29 is 19.2 Å². The van der Waals surface area contributed by atoms with Gasteiger partial charge in [0.2, 0.25) is 5.91 Å². The Balaban J connectivity index is 2.04. The maximum atomic E-state index is 12.6. The van der Waals surface area contributed by atoms with Gasteiger partial charge < -0.3 is 20.3 Å². The van der Waals surface area contributed by atoms with Crippen molar-refractivity contribution in [3.05, 3.63) is 47.7 Å². The van der Waals surface area contributed by atoms with E-state index in [2.05, 4.69) is 15.8 Å². The van der Waals surface area contributed by atoms with Crippen molar-refractivity contribution >= 4 is 17.6 Å². The average Bonchev–Trinajstić information content (AvgIpc) is 3.10. The van der Waals surface area contributed by atoms with Gasteiger partial charge in [-0.3, -0.25) is 9.59 Å². The molecule has 0 aliphatic carbocycles. The Morgan fingerprint density at radius 3 is 2.41 bits per heavy atom. The van der Waals surface area contributed by atoms with E-state index in [-0.39, 0.29) is 5.41 Å². The molecule has 1 aromatic carbocycles. The van der Waals surface area contributed by atoms with Crippen LogP contribution in [-0.2, 0) is 15.0 Å². The van der Waals surface area contributed by atoms with Crippen molar-refractivity contribution in [2.24, 2.45) is 0 Å². The van der Waals surface area contributed by atoms with E-state index in [1.54, 1.807) is 36.4 Å². The zero-order valence-electron chi connectivity index (χ0n) is 16.2. The largest absolute Gasteiger partial charge is 0.378 e. The molecule has 2 atom stereocenters. The Labute approximate surface area is 159 Å². The van der Waals surface area contributed by atoms with Crippen LogP contribution in [0.1, 0.15) is 58.0 Å². The smallest absolute Gasteiger partial charge is 0.254 e. The number of hydrogen-bond acceptors (Lipinski definition) is 5. The van der Waals surface area contributed by atoms with E-state index in [4.69, 9.17) is 4.52 Å². The summed E-state index contributed by atoms with van der Waals surface area (Å²) in [7, 11) is 0. The van der Waals surface area contributed by atoms with Gasteiger partial charge in [-0.15, -0.1) is 0 Å². The third kappa shape index (κ3) is 5.65. The minimum absolute atomic E-state index is 0.229. The fraction of sp³-hybridized carbons (Fsp3) is 0.450. The van der Waals surface area contributed by atoms with E-state index in [0.29, 0.717) is 30.0 Å². The normalized spacial score (nSPS) is 13.7. The summed E-state index contributed by atoms with van der Waals surface area (Å²) in [5, 5.41) is 19.3. The summed E-state index contributed by atoms with van der Waals surface area (Å²) in [4.78, 5) is 24.9. The third-order valence-corrected chi connectivity index (χ3v) is 4.07. The summed E-state index contributed by atoms with van der Waals surface area (Å²) >= 11 is 0. The predicted molar refractivity (Wildman–Crippen MR) is 102 cm³/mol. The van der Waals surface area contributed by atoms with Crippen LogP contribution in [0.15, 0.2) is 40.9 Å². The Bertz CT molecular complexity index is 765. The van der Waals surface area contributed by atoms with Crippen LogP contribution in [-0.4, -0.2) is 28.1 Å². The first kappa shape index (κ1) is 20.6. The van der Waals surface area contributed by atoms with Crippen molar-refractivity contribution in [1.29, 1.82) is 0 Å². The van der Waals surface area contributed by atoms with Gasteiger partial charge in [-0.05, 0) is 12.0 Å². The van der Waals surface area contributed by atoms with Crippen molar-refractivity contribution in [3.63, 3.8) is 0 Å². The van der Waals surface area contributed by atoms with E-state index in [9.17, 15) is 14.7 Å². The molecule has 146 valence electrons. The highest BCUT2D eigenvalue weighted by molar-refractivity contribution is 5.97. The molecule has 2 aromatic rings. The molecule has 0 radical (unpaired) electrons. The molecular weight excluding hydrogens is 346 g/mol. The number of aliphatic hydroxyl groups is 1. The summed E-state index contributed by atoms with van der Waals surface area (Å²) < 4.78 is 5.25. The van der Waals surface area contributed by atoms with Gasteiger partial charge >= 0.3 is 0 Å². The topological polar surface area (TPSA) is 104 Å². The van der Waals surface area contributed by atoms with Crippen LogP contribution in [0.5, 0.6) is 0 Å². The number of anilines is 1. The lowest BCUT2D eigenvalue weighted by Gasteiger charge is -2.19. The molecule has 0 saturated carbocycles. The van der Waals surface area contributed by atoms with Gasteiger partial charge in [-0.1, -0.05) is 69.6 Å². The highest BCUT2D eigenvalue weighted by Gasteiger charge is 2.26. The first-order chi connectivity index (χ1) is 12.7. The maximum absolute atomic E-state index is 12.6. The Morgan fingerprint density at radius 2 is 1.85 bits per heavy atom. The lowest BCUT2D eigenvalue weighted by atomic mass is 9.93. The molecule has 27 heavy (non-hydrogen) atoms. The summed E-state index contributed by atoms with van der Waals surface area (Å²) in [5.74, 6) is -0.0817. The predicted octanol–water partition coefficient (Wildman–Crippen LogP) is 2.93. The minimum atomic E-state index is -1.34. The standard InChI is InChI=1S/C20H27N3O4/c1-5-9-14(21-19(26)17(24)13-10-7-6-8-11-13)18(25)22-16-12-15(27-23-16)20(2,3)4/h6-8,10-12,14,17,24H,5,9H2,1-4H3,(H,21,26)(H,22,23,25). The number of amides is 2. The number of aliphatic hydroxyl groups excluding tert-OH is 1. The van der Waals surface area contributed by atoms with E-state index < -0.39 is 24.0 Å². The average molecular weight is 373 g/mol. The third-order valence-electron chi connectivity index (χ3n) is 4.07. The van der Waals surface area contributed by atoms with Gasteiger partial charge in [-0.25, -0.2) is 0 Å². The van der Waals surface area contributed by atoms with E-state index >= 15 is 0 Å². The SMILES string of the molecule is CCCC(NC(=O)C(O)c1ccccc1)C(=O)Nc1cc(C(C)(C)C)on1. The molecule has 3 N–H and O–H groups in total. The van der Waals surface area contributed by atoms with Gasteiger partial charge in [-0.2, -0.15) is 0 Å². The molecule has 1 aromatic heterocycles. The monoisotopic (exact) mass is 373 g/mol. The van der Waals surface area contributed by atoms with Crippen molar-refractivity contribution in [2.75, 3.05) is 5.32 Å². The number of aromatic nitrogens is 1. The molecule has 0 spiro atoms. The molecule has 2 amide bonds. The van der Waals surface area contributed by atoms with Gasteiger partial charge in [0.1, 0.15) is 11.8 Å². The second-order valence-corrected chi connectivity index (χ2v) is 7.48. The van der Waals surface area contributed by atoms with Gasteiger partial charge in [0, 0.05) is 11.5 Å². The molecule has 0 fully saturated rings. The van der Waals surface area contributed by atoms with Gasteiger partial charge in [0.25, 0.3) is 5.91 Å². The van der Waals surface area contributed by atoms with Crippen molar-refractivity contribution in [2.45, 2.75) is 58.1 Å². The summed E-state index contributed by atoms with van der Waals surface area (Å²) in [6.07, 6.45) is -0.215. The molecule has 0 bridgehead atoms. The second kappa shape index (κ2) is 8.81. The molecule has 0 aliphatic rings. The Kier molecular flexibility index (Phi) is 6.74. The molecule has 2 rings (SSSR count). The van der Waals surface area contributed by atoms with Crippen molar-refractivity contribution in [3.8, 4) is 0 Å². The van der Waals surface area contributed by atoms with Crippen LogP contribution in [0.2, 0.25) is 0 Å². The number of carbonyl (C=O) groups excluding carboxylic acids is 2. The van der Waals surface area contributed by atoms with Gasteiger partial charge in [0.05, 0.1) is 0 Å². The molecule has 7 nitrogen and oxygen atoms in total. The van der Waals surface area contributed by atoms with Crippen molar-refractivity contribution in [1.82, 2.24) is 10.5 Å². The zero-order valence-corrected chi connectivity index (χ0v) is 16.2. The van der Waals surface area contributed by atoms with E-state index in [1.807, 2.05) is 27.7 Å². The van der Waals surface area contributed by atoms with Crippen LogP contribution >= 0.6 is 0 Å². The lowest BCUT2D eigenvalue weighted by molar-refractivity contribution is -0.133. The highest BCUT2D eigenvalue weighted by atomic mass is 16.5. The number of rotatable bonds is 7. The van der Waals surface area contributed by atoms with Crippen LogP contribution in [0.25, 0.3) is 0 Å². The highest BCUT2D eigenvalue weighted by Crippen LogP contribution is 2.24. The summed E-state index contributed by atoms with van der Waals surface area (Å²) in [6, 6.07) is 9.47. The fourth-order valence-electron chi connectivity index (χ4n) is 2.50. The minimum Gasteiger partial charge on any atom is -0.378 e. The van der Waals surface area contributed by atoms with E-state index in [0.717, 1.165) is 0 Å². The van der Waals surface area contributed by atoms with Crippen LogP contribution < -0.4 is 10.6 Å². The fourth-order valence-corrected chi connectivity index (χ4v) is 2.50. The Morgan fingerprint density at radius 1 is 1.19 bits per heavy atom. The Hall–Kier alpha value is -2.67. The lowest BCUT2D eigenvalue weighted by Crippen LogP contribution is -2.45. The number of carbonyl (C=O) groups is 2. The quantitative estimate of drug-likeness (QED) is 0.692. The van der Waals surface area contributed by atoms with Crippen LogP contribution in [0, 0.1) is 0 Å². The van der Waals surface area contributed by atoms with Crippen LogP contribution in [0.4, 0.5) is 5.82 Å². The molecule has 7 heteroatoms. The molecule has 2 unspecified atom stereocenters. The number of benzene rings is 1. The number of nitrogens with one attached hydrogen (secondary N) is 2.